The van der Waals surface area contributed by atoms with E-state index in [4.69, 9.17) is 4.42 Å². The summed E-state index contributed by atoms with van der Waals surface area (Å²) in [6.07, 6.45) is 7.56. The lowest BCUT2D eigenvalue weighted by Crippen LogP contribution is -2.48. The number of carboxylic acids is 1. The van der Waals surface area contributed by atoms with Gasteiger partial charge in [0.1, 0.15) is 17.1 Å². The number of hydrogen-bond donors (Lipinski definition) is 2. The van der Waals surface area contributed by atoms with Gasteiger partial charge in [-0.05, 0) is 80.5 Å². The van der Waals surface area contributed by atoms with Crippen LogP contribution in [0, 0.1) is 17.8 Å². The lowest BCUT2D eigenvalue weighted by molar-refractivity contribution is -0.00454. The van der Waals surface area contributed by atoms with Crippen molar-refractivity contribution in [3.8, 4) is 17.1 Å². The fourth-order valence-corrected chi connectivity index (χ4v) is 7.02. The number of phenolic OH excluding ortho intramolecular Hbond substituents is 1. The average molecular weight is 388 g/mol. The molecule has 4 saturated carbocycles. The van der Waals surface area contributed by atoms with Crippen LogP contribution in [0.2, 0.25) is 0 Å². The Labute approximate surface area is 169 Å². The molecule has 4 fully saturated rings. The molecule has 2 N–H and O–H groups in total. The number of aromatic carboxylic acids is 1. The van der Waals surface area contributed by atoms with E-state index in [0.29, 0.717) is 5.58 Å². The zero-order valence-electron chi connectivity index (χ0n) is 16.2. The Morgan fingerprint density at radius 1 is 0.931 bits per heavy atom. The summed E-state index contributed by atoms with van der Waals surface area (Å²) in [4.78, 5) is 11.3. The van der Waals surface area contributed by atoms with E-state index < -0.39 is 5.97 Å². The minimum absolute atomic E-state index is 0.0552. The highest BCUT2D eigenvalue weighted by Gasteiger charge is 2.53. The first-order valence-electron chi connectivity index (χ1n) is 10.6. The molecule has 7 rings (SSSR count). The Kier molecular flexibility index (Phi) is 3.48. The quantitative estimate of drug-likeness (QED) is 0.580. The van der Waals surface area contributed by atoms with Gasteiger partial charge in [-0.25, -0.2) is 4.79 Å². The number of rotatable bonds is 3. The van der Waals surface area contributed by atoms with Gasteiger partial charge in [-0.15, -0.1) is 0 Å². The maximum atomic E-state index is 11.3. The molecule has 1 aromatic heterocycles. The summed E-state index contributed by atoms with van der Waals surface area (Å²) in [5.41, 5.74) is 3.08. The summed E-state index contributed by atoms with van der Waals surface area (Å²) in [6, 6.07) is 12.4. The number of phenols is 1. The van der Waals surface area contributed by atoms with E-state index in [1.54, 1.807) is 18.2 Å². The van der Waals surface area contributed by atoms with Crippen molar-refractivity contribution in [1.29, 1.82) is 0 Å². The molecule has 148 valence electrons. The van der Waals surface area contributed by atoms with Crippen LogP contribution in [0.3, 0.4) is 0 Å². The molecule has 4 nitrogen and oxygen atoms in total. The maximum Gasteiger partial charge on any atom is 0.335 e. The molecule has 3 aromatic rings. The summed E-state index contributed by atoms with van der Waals surface area (Å²) in [7, 11) is 0. The number of carbonyl (C=O) groups is 1. The summed E-state index contributed by atoms with van der Waals surface area (Å²) in [5.74, 6) is 2.49. The van der Waals surface area contributed by atoms with Crippen molar-refractivity contribution >= 4 is 16.9 Å². The van der Waals surface area contributed by atoms with E-state index >= 15 is 0 Å². The van der Waals surface area contributed by atoms with Gasteiger partial charge in [0.05, 0.1) is 10.9 Å². The van der Waals surface area contributed by atoms with Crippen LogP contribution in [0.5, 0.6) is 5.75 Å². The Morgan fingerprint density at radius 3 is 2.14 bits per heavy atom. The Morgan fingerprint density at radius 2 is 1.55 bits per heavy atom. The molecular weight excluding hydrogens is 364 g/mol. The molecule has 4 bridgehead atoms. The van der Waals surface area contributed by atoms with Crippen LogP contribution in [0.25, 0.3) is 22.3 Å². The van der Waals surface area contributed by atoms with E-state index in [1.165, 1.54) is 38.5 Å². The first-order valence-corrected chi connectivity index (χ1v) is 10.6. The minimum Gasteiger partial charge on any atom is -0.507 e. The molecule has 4 aliphatic rings. The number of benzene rings is 2. The number of furan rings is 1. The summed E-state index contributed by atoms with van der Waals surface area (Å²) in [6.45, 7) is 0. The number of carboxylic acid groups (broad SMARTS) is 1. The molecule has 0 atom stereocenters. The van der Waals surface area contributed by atoms with Crippen molar-refractivity contribution in [1.82, 2.24) is 0 Å². The number of hydrogen-bond acceptors (Lipinski definition) is 3. The molecular formula is C25H24O4. The Bertz CT molecular complexity index is 1090. The average Bonchev–Trinajstić information content (AvgIpc) is 3.09. The molecule has 29 heavy (non-hydrogen) atoms. The fraction of sp³-hybridized carbons (Fsp3) is 0.400. The standard InChI is InChI=1S/C25H24O4/c26-19-2-1-3-20-21(19)22(23(29-20)17-4-6-18(7-5-17)24(27)28)25-11-14-8-15(12-25)10-16(9-14)13-25/h1-7,14-16,26H,8-13H2,(H,27,28). The van der Waals surface area contributed by atoms with Gasteiger partial charge >= 0.3 is 5.97 Å². The van der Waals surface area contributed by atoms with Crippen LogP contribution in [0.1, 0.15) is 54.4 Å². The van der Waals surface area contributed by atoms with Crippen LogP contribution in [-0.4, -0.2) is 16.2 Å². The van der Waals surface area contributed by atoms with Gasteiger partial charge in [0.2, 0.25) is 0 Å². The molecule has 2 aromatic carbocycles. The van der Waals surface area contributed by atoms with Gasteiger partial charge in [0.25, 0.3) is 0 Å². The fourth-order valence-electron chi connectivity index (χ4n) is 7.02. The largest absolute Gasteiger partial charge is 0.507 e. The second kappa shape index (κ2) is 5.88. The monoisotopic (exact) mass is 388 g/mol. The molecule has 0 radical (unpaired) electrons. The molecule has 4 aliphatic carbocycles. The third-order valence-corrected chi connectivity index (χ3v) is 7.66. The van der Waals surface area contributed by atoms with Crippen molar-refractivity contribution in [3.05, 3.63) is 53.6 Å². The van der Waals surface area contributed by atoms with Crippen molar-refractivity contribution in [2.24, 2.45) is 17.8 Å². The SMILES string of the molecule is O=C(O)c1ccc(-c2oc3cccc(O)c3c2C23CC4CC(CC(C4)C2)C3)cc1. The Hall–Kier alpha value is -2.75. The number of aromatic hydroxyl groups is 1. The zero-order chi connectivity index (χ0) is 19.8. The van der Waals surface area contributed by atoms with E-state index in [-0.39, 0.29) is 16.7 Å². The molecule has 0 spiro atoms. The van der Waals surface area contributed by atoms with Crippen LogP contribution < -0.4 is 0 Å². The van der Waals surface area contributed by atoms with Crippen molar-refractivity contribution in [2.75, 3.05) is 0 Å². The summed E-state index contributed by atoms with van der Waals surface area (Å²) < 4.78 is 6.35. The smallest absolute Gasteiger partial charge is 0.335 e. The predicted octanol–water partition coefficient (Wildman–Crippen LogP) is 5.97. The number of fused-ring (bicyclic) bond motifs is 1. The van der Waals surface area contributed by atoms with Gasteiger partial charge < -0.3 is 14.6 Å². The van der Waals surface area contributed by atoms with Gasteiger partial charge in [0, 0.05) is 16.5 Å². The second-order valence-electron chi connectivity index (χ2n) is 9.54. The normalized spacial score (nSPS) is 30.1. The maximum absolute atomic E-state index is 11.3. The topological polar surface area (TPSA) is 70.7 Å². The van der Waals surface area contributed by atoms with Crippen LogP contribution in [-0.2, 0) is 5.41 Å². The van der Waals surface area contributed by atoms with Crippen LogP contribution >= 0.6 is 0 Å². The van der Waals surface area contributed by atoms with E-state index in [2.05, 4.69) is 0 Å². The first-order chi connectivity index (χ1) is 14.0. The van der Waals surface area contributed by atoms with Gasteiger partial charge in [-0.2, -0.15) is 0 Å². The van der Waals surface area contributed by atoms with Crippen molar-refractivity contribution < 1.29 is 19.4 Å². The lowest BCUT2D eigenvalue weighted by atomic mass is 9.47. The molecule has 0 unspecified atom stereocenters. The van der Waals surface area contributed by atoms with E-state index in [9.17, 15) is 15.0 Å². The highest BCUT2D eigenvalue weighted by atomic mass is 16.4. The molecule has 1 heterocycles. The van der Waals surface area contributed by atoms with E-state index in [1.807, 2.05) is 24.3 Å². The molecule has 0 saturated heterocycles. The third-order valence-electron chi connectivity index (χ3n) is 7.66. The summed E-state index contributed by atoms with van der Waals surface area (Å²) >= 11 is 0. The van der Waals surface area contributed by atoms with E-state index in [0.717, 1.165) is 40.0 Å². The third kappa shape index (κ3) is 2.48. The highest BCUT2D eigenvalue weighted by molar-refractivity contribution is 5.94. The summed E-state index contributed by atoms with van der Waals surface area (Å²) in [5, 5.41) is 20.9. The van der Waals surface area contributed by atoms with Crippen molar-refractivity contribution in [2.45, 2.75) is 43.9 Å². The second-order valence-corrected chi connectivity index (χ2v) is 9.54. The van der Waals surface area contributed by atoms with Crippen LogP contribution in [0.15, 0.2) is 46.9 Å². The zero-order valence-corrected chi connectivity index (χ0v) is 16.2. The molecule has 0 aliphatic heterocycles. The highest BCUT2D eigenvalue weighted by Crippen LogP contribution is 2.63. The molecule has 0 amide bonds. The van der Waals surface area contributed by atoms with Crippen LogP contribution in [0.4, 0.5) is 0 Å². The van der Waals surface area contributed by atoms with Gasteiger partial charge in [0.15, 0.2) is 0 Å². The van der Waals surface area contributed by atoms with Crippen molar-refractivity contribution in [3.63, 3.8) is 0 Å². The molecule has 4 heteroatoms. The van der Waals surface area contributed by atoms with Gasteiger partial charge in [-0.3, -0.25) is 0 Å². The lowest BCUT2D eigenvalue weighted by Gasteiger charge is -2.57. The predicted molar refractivity (Wildman–Crippen MR) is 110 cm³/mol. The Balaban J connectivity index is 1.59. The first kappa shape index (κ1) is 17.1. The minimum atomic E-state index is -0.930. The van der Waals surface area contributed by atoms with Gasteiger partial charge in [-0.1, -0.05) is 18.2 Å².